The van der Waals surface area contributed by atoms with E-state index in [1.807, 2.05) is 0 Å². The minimum absolute atomic E-state index is 0.190. The number of ether oxygens (including phenoxy) is 1. The standard InChI is InChI=1S/C16H17ClN4O3/c1-18-15(22)13-9-20(8-11-5-6-19-21(11)13)16(23)10-3-4-14(24-2)12(17)7-10/h3-7,13H,8-9H2,1-2H3,(H,18,22). The number of likely N-dealkylation sites (N-methyl/N-ethyl adjacent to an activating group) is 1. The lowest BCUT2D eigenvalue weighted by atomic mass is 10.1. The number of aromatic nitrogens is 2. The summed E-state index contributed by atoms with van der Waals surface area (Å²) in [6.07, 6.45) is 1.63. The van der Waals surface area contributed by atoms with Gasteiger partial charge in [-0.25, -0.2) is 0 Å². The fraction of sp³-hybridized carbons (Fsp3) is 0.312. The fourth-order valence-corrected chi connectivity index (χ4v) is 3.05. The first-order valence-electron chi connectivity index (χ1n) is 7.42. The molecule has 3 rings (SSSR count). The summed E-state index contributed by atoms with van der Waals surface area (Å²) in [5.74, 6) is 0.124. The maximum absolute atomic E-state index is 12.8. The fourth-order valence-electron chi connectivity index (χ4n) is 2.79. The van der Waals surface area contributed by atoms with Crippen molar-refractivity contribution in [3.05, 3.63) is 46.7 Å². The van der Waals surface area contributed by atoms with Crippen molar-refractivity contribution in [2.24, 2.45) is 0 Å². The molecule has 126 valence electrons. The van der Waals surface area contributed by atoms with Crippen LogP contribution in [-0.4, -0.2) is 47.2 Å². The highest BCUT2D eigenvalue weighted by atomic mass is 35.5. The molecular weight excluding hydrogens is 332 g/mol. The Balaban J connectivity index is 1.88. The number of fused-ring (bicyclic) bond motifs is 1. The van der Waals surface area contributed by atoms with Gasteiger partial charge in [0.25, 0.3) is 5.91 Å². The second kappa shape index (κ2) is 6.52. The number of hydrogen-bond donors (Lipinski definition) is 1. The number of nitrogens with zero attached hydrogens (tertiary/aromatic N) is 3. The Bertz CT molecular complexity index is 789. The van der Waals surface area contributed by atoms with Gasteiger partial charge in [0, 0.05) is 18.8 Å². The van der Waals surface area contributed by atoms with Crippen molar-refractivity contribution in [2.45, 2.75) is 12.6 Å². The van der Waals surface area contributed by atoms with Crippen molar-refractivity contribution in [1.29, 1.82) is 0 Å². The molecule has 7 nitrogen and oxygen atoms in total. The molecule has 0 bridgehead atoms. The molecule has 2 heterocycles. The van der Waals surface area contributed by atoms with Gasteiger partial charge in [0.2, 0.25) is 5.91 Å². The van der Waals surface area contributed by atoms with E-state index in [1.54, 1.807) is 47.1 Å². The minimum Gasteiger partial charge on any atom is -0.495 e. The molecule has 1 aromatic carbocycles. The van der Waals surface area contributed by atoms with Crippen LogP contribution in [0.2, 0.25) is 5.02 Å². The van der Waals surface area contributed by atoms with Crippen LogP contribution in [0.25, 0.3) is 0 Å². The number of methoxy groups -OCH3 is 1. The first kappa shape index (κ1) is 16.3. The van der Waals surface area contributed by atoms with E-state index in [1.165, 1.54) is 7.11 Å². The van der Waals surface area contributed by atoms with Crippen molar-refractivity contribution in [3.8, 4) is 5.75 Å². The number of nitrogens with one attached hydrogen (secondary N) is 1. The van der Waals surface area contributed by atoms with E-state index in [2.05, 4.69) is 10.4 Å². The highest BCUT2D eigenvalue weighted by molar-refractivity contribution is 6.32. The Kier molecular flexibility index (Phi) is 4.44. The van der Waals surface area contributed by atoms with E-state index >= 15 is 0 Å². The van der Waals surface area contributed by atoms with Gasteiger partial charge in [0.05, 0.1) is 30.9 Å². The number of hydrogen-bond acceptors (Lipinski definition) is 4. The van der Waals surface area contributed by atoms with Gasteiger partial charge in [-0.05, 0) is 24.3 Å². The van der Waals surface area contributed by atoms with Crippen LogP contribution in [0.5, 0.6) is 5.75 Å². The van der Waals surface area contributed by atoms with Gasteiger partial charge in [0.15, 0.2) is 0 Å². The summed E-state index contributed by atoms with van der Waals surface area (Å²) in [4.78, 5) is 26.5. The van der Waals surface area contributed by atoms with Gasteiger partial charge in [-0.15, -0.1) is 0 Å². The lowest BCUT2D eigenvalue weighted by molar-refractivity contribution is -0.125. The number of rotatable bonds is 3. The van der Waals surface area contributed by atoms with Crippen LogP contribution in [0.4, 0.5) is 0 Å². The second-order valence-corrected chi connectivity index (χ2v) is 5.84. The van der Waals surface area contributed by atoms with E-state index in [0.717, 1.165) is 5.69 Å². The van der Waals surface area contributed by atoms with Gasteiger partial charge < -0.3 is 15.0 Å². The molecule has 24 heavy (non-hydrogen) atoms. The molecule has 1 N–H and O–H groups in total. The van der Waals surface area contributed by atoms with Crippen molar-refractivity contribution in [3.63, 3.8) is 0 Å². The maximum Gasteiger partial charge on any atom is 0.254 e. The van der Waals surface area contributed by atoms with E-state index in [9.17, 15) is 9.59 Å². The van der Waals surface area contributed by atoms with Crippen molar-refractivity contribution in [1.82, 2.24) is 20.0 Å². The Labute approximate surface area is 144 Å². The molecule has 2 amide bonds. The Morgan fingerprint density at radius 2 is 2.17 bits per heavy atom. The summed E-state index contributed by atoms with van der Waals surface area (Å²) in [5, 5.41) is 7.17. The molecule has 1 aliphatic heterocycles. The molecule has 0 aliphatic carbocycles. The molecule has 1 atom stereocenters. The number of halogens is 1. The molecule has 0 spiro atoms. The lowest BCUT2D eigenvalue weighted by Crippen LogP contribution is -2.46. The van der Waals surface area contributed by atoms with Gasteiger partial charge in [-0.1, -0.05) is 11.6 Å². The minimum atomic E-state index is -0.550. The molecule has 8 heteroatoms. The van der Waals surface area contributed by atoms with Crippen molar-refractivity contribution < 1.29 is 14.3 Å². The molecule has 0 fully saturated rings. The highest BCUT2D eigenvalue weighted by Crippen LogP contribution is 2.27. The average molecular weight is 349 g/mol. The summed E-state index contributed by atoms with van der Waals surface area (Å²) in [5.41, 5.74) is 1.26. The first-order valence-corrected chi connectivity index (χ1v) is 7.79. The van der Waals surface area contributed by atoms with Gasteiger partial charge in [-0.2, -0.15) is 5.10 Å². The van der Waals surface area contributed by atoms with Crippen LogP contribution in [0, 0.1) is 0 Å². The first-order chi connectivity index (χ1) is 11.5. The Morgan fingerprint density at radius 1 is 1.38 bits per heavy atom. The van der Waals surface area contributed by atoms with Crippen molar-refractivity contribution >= 4 is 23.4 Å². The molecule has 0 radical (unpaired) electrons. The van der Waals surface area contributed by atoms with Gasteiger partial charge in [0.1, 0.15) is 11.8 Å². The Hall–Kier alpha value is -2.54. The van der Waals surface area contributed by atoms with Crippen LogP contribution in [-0.2, 0) is 11.3 Å². The summed E-state index contributed by atoms with van der Waals surface area (Å²) in [6, 6.07) is 6.14. The smallest absolute Gasteiger partial charge is 0.254 e. The molecular formula is C16H17ClN4O3. The highest BCUT2D eigenvalue weighted by Gasteiger charge is 2.33. The van der Waals surface area contributed by atoms with Crippen LogP contribution >= 0.6 is 11.6 Å². The second-order valence-electron chi connectivity index (χ2n) is 5.43. The summed E-state index contributed by atoms with van der Waals surface area (Å²) >= 11 is 6.10. The third-order valence-electron chi connectivity index (χ3n) is 4.03. The predicted octanol–water partition coefficient (Wildman–Crippen LogP) is 1.49. The van der Waals surface area contributed by atoms with Gasteiger partial charge >= 0.3 is 0 Å². The van der Waals surface area contributed by atoms with Crippen LogP contribution in [0.15, 0.2) is 30.5 Å². The molecule has 0 saturated carbocycles. The summed E-state index contributed by atoms with van der Waals surface area (Å²) in [7, 11) is 3.08. The molecule has 1 aromatic heterocycles. The zero-order valence-corrected chi connectivity index (χ0v) is 14.1. The largest absolute Gasteiger partial charge is 0.495 e. The number of benzene rings is 1. The monoisotopic (exact) mass is 348 g/mol. The van der Waals surface area contributed by atoms with Crippen molar-refractivity contribution in [2.75, 3.05) is 20.7 Å². The average Bonchev–Trinajstić information content (AvgIpc) is 3.08. The van der Waals surface area contributed by atoms with Crippen LogP contribution in [0.1, 0.15) is 22.1 Å². The van der Waals surface area contributed by atoms with Crippen LogP contribution < -0.4 is 10.1 Å². The topological polar surface area (TPSA) is 76.5 Å². The predicted molar refractivity (Wildman–Crippen MR) is 88.1 cm³/mol. The van der Waals surface area contributed by atoms with E-state index in [-0.39, 0.29) is 18.4 Å². The number of carbonyl (C=O) groups excluding carboxylic acids is 2. The number of amides is 2. The molecule has 0 saturated heterocycles. The maximum atomic E-state index is 12.8. The quantitative estimate of drug-likeness (QED) is 0.911. The van der Waals surface area contributed by atoms with E-state index in [4.69, 9.17) is 16.3 Å². The summed E-state index contributed by atoms with van der Waals surface area (Å²) < 4.78 is 6.76. The number of carbonyl (C=O) groups is 2. The zero-order chi connectivity index (χ0) is 17.3. The third kappa shape index (κ3) is 2.82. The SMILES string of the molecule is CNC(=O)C1CN(C(=O)c2ccc(OC)c(Cl)c2)Cc2ccnn21. The molecule has 1 unspecified atom stereocenters. The van der Waals surface area contributed by atoms with E-state index < -0.39 is 6.04 Å². The lowest BCUT2D eigenvalue weighted by Gasteiger charge is -2.33. The molecule has 2 aromatic rings. The van der Waals surface area contributed by atoms with Crippen LogP contribution in [0.3, 0.4) is 0 Å². The molecule has 1 aliphatic rings. The third-order valence-corrected chi connectivity index (χ3v) is 4.32. The normalized spacial score (nSPS) is 16.5. The van der Waals surface area contributed by atoms with E-state index in [0.29, 0.717) is 22.9 Å². The summed E-state index contributed by atoms with van der Waals surface area (Å²) in [6.45, 7) is 0.632. The Morgan fingerprint density at radius 3 is 2.83 bits per heavy atom. The van der Waals surface area contributed by atoms with Gasteiger partial charge in [-0.3, -0.25) is 14.3 Å². The zero-order valence-electron chi connectivity index (χ0n) is 13.3.